The molecule has 0 radical (unpaired) electrons. The number of nitrogens with one attached hydrogen (secondary N) is 1. The molecule has 0 spiro atoms. The van der Waals surface area contributed by atoms with Crippen LogP contribution in [0.5, 0.6) is 0 Å². The van der Waals surface area contributed by atoms with Crippen LogP contribution >= 0.6 is 0 Å². The van der Waals surface area contributed by atoms with Crippen molar-refractivity contribution in [3.8, 4) is 0 Å². The van der Waals surface area contributed by atoms with Gasteiger partial charge in [0.25, 0.3) is 0 Å². The van der Waals surface area contributed by atoms with Crippen LogP contribution in [0, 0.1) is 5.92 Å². The lowest BCUT2D eigenvalue weighted by Gasteiger charge is -2.02. The Morgan fingerprint density at radius 2 is 2.33 bits per heavy atom. The highest BCUT2D eigenvalue weighted by molar-refractivity contribution is 5.07. The van der Waals surface area contributed by atoms with Crippen molar-refractivity contribution >= 4 is 0 Å². The van der Waals surface area contributed by atoms with Gasteiger partial charge in [-0.05, 0) is 19.4 Å². The van der Waals surface area contributed by atoms with Gasteiger partial charge in [0.1, 0.15) is 5.76 Å². The van der Waals surface area contributed by atoms with Gasteiger partial charge in [0, 0.05) is 0 Å². The highest BCUT2D eigenvalue weighted by Gasteiger charge is 2.08. The lowest BCUT2D eigenvalue weighted by atomic mass is 10.1. The number of oxazole rings is 1. The first-order valence-corrected chi connectivity index (χ1v) is 4.30. The first-order valence-electron chi connectivity index (χ1n) is 4.30. The third-order valence-corrected chi connectivity index (χ3v) is 1.66. The van der Waals surface area contributed by atoms with Crippen molar-refractivity contribution in [2.45, 2.75) is 26.8 Å². The SMILES string of the molecule is CNCc1ocnc1CC(C)C. The second-order valence-electron chi connectivity index (χ2n) is 3.35. The fourth-order valence-electron chi connectivity index (χ4n) is 1.15. The highest BCUT2D eigenvalue weighted by Crippen LogP contribution is 2.11. The van der Waals surface area contributed by atoms with E-state index in [9.17, 15) is 0 Å². The molecule has 1 rings (SSSR count). The Balaban J connectivity index is 2.63. The van der Waals surface area contributed by atoms with Crippen molar-refractivity contribution in [2.24, 2.45) is 5.92 Å². The number of hydrogen-bond donors (Lipinski definition) is 1. The maximum absolute atomic E-state index is 5.23. The molecular formula is C9H16N2O. The fourth-order valence-corrected chi connectivity index (χ4v) is 1.15. The third-order valence-electron chi connectivity index (χ3n) is 1.66. The molecule has 1 N–H and O–H groups in total. The van der Waals surface area contributed by atoms with E-state index in [-0.39, 0.29) is 0 Å². The molecule has 0 aliphatic heterocycles. The van der Waals surface area contributed by atoms with E-state index in [1.807, 2.05) is 7.05 Å². The summed E-state index contributed by atoms with van der Waals surface area (Å²) in [6.07, 6.45) is 2.51. The number of rotatable bonds is 4. The predicted molar refractivity (Wildman–Crippen MR) is 47.8 cm³/mol. The summed E-state index contributed by atoms with van der Waals surface area (Å²) < 4.78 is 5.23. The maximum Gasteiger partial charge on any atom is 0.181 e. The summed E-state index contributed by atoms with van der Waals surface area (Å²) in [5.74, 6) is 1.59. The van der Waals surface area contributed by atoms with Crippen LogP contribution in [0.25, 0.3) is 0 Å². The van der Waals surface area contributed by atoms with Gasteiger partial charge < -0.3 is 9.73 Å². The molecule has 68 valence electrons. The monoisotopic (exact) mass is 168 g/mol. The van der Waals surface area contributed by atoms with E-state index in [2.05, 4.69) is 24.1 Å². The van der Waals surface area contributed by atoms with Gasteiger partial charge in [-0.25, -0.2) is 4.98 Å². The van der Waals surface area contributed by atoms with E-state index < -0.39 is 0 Å². The summed E-state index contributed by atoms with van der Waals surface area (Å²) >= 11 is 0. The van der Waals surface area contributed by atoms with Crippen LogP contribution in [0.15, 0.2) is 10.8 Å². The molecule has 3 heteroatoms. The summed E-state index contributed by atoms with van der Waals surface area (Å²) in [4.78, 5) is 4.17. The molecule has 0 saturated carbocycles. The summed E-state index contributed by atoms with van der Waals surface area (Å²) in [7, 11) is 1.90. The van der Waals surface area contributed by atoms with E-state index >= 15 is 0 Å². The summed E-state index contributed by atoms with van der Waals surface area (Å²) in [5.41, 5.74) is 1.08. The molecule has 0 saturated heterocycles. The van der Waals surface area contributed by atoms with Gasteiger partial charge >= 0.3 is 0 Å². The van der Waals surface area contributed by atoms with E-state index in [1.54, 1.807) is 0 Å². The van der Waals surface area contributed by atoms with Crippen LogP contribution in [0.1, 0.15) is 25.3 Å². The van der Waals surface area contributed by atoms with Crippen molar-refractivity contribution in [3.63, 3.8) is 0 Å². The molecule has 0 amide bonds. The minimum absolute atomic E-state index is 0.630. The lowest BCUT2D eigenvalue weighted by Crippen LogP contribution is -2.07. The molecule has 3 nitrogen and oxygen atoms in total. The van der Waals surface area contributed by atoms with Crippen LogP contribution in [-0.2, 0) is 13.0 Å². The fraction of sp³-hybridized carbons (Fsp3) is 0.667. The number of hydrogen-bond acceptors (Lipinski definition) is 3. The Bertz CT molecular complexity index is 230. The zero-order chi connectivity index (χ0) is 8.97. The van der Waals surface area contributed by atoms with E-state index in [0.717, 1.165) is 24.4 Å². The van der Waals surface area contributed by atoms with E-state index in [0.29, 0.717) is 5.92 Å². The predicted octanol–water partition coefficient (Wildman–Crippen LogP) is 1.59. The van der Waals surface area contributed by atoms with Crippen molar-refractivity contribution in [1.29, 1.82) is 0 Å². The Morgan fingerprint density at radius 1 is 1.58 bits per heavy atom. The van der Waals surface area contributed by atoms with Crippen molar-refractivity contribution in [1.82, 2.24) is 10.3 Å². The minimum atomic E-state index is 0.630. The summed E-state index contributed by atoms with van der Waals surface area (Å²) in [6, 6.07) is 0. The Hall–Kier alpha value is -0.830. The molecule has 0 unspecified atom stereocenters. The second kappa shape index (κ2) is 4.26. The number of aromatic nitrogens is 1. The van der Waals surface area contributed by atoms with Gasteiger partial charge in [-0.3, -0.25) is 0 Å². The second-order valence-corrected chi connectivity index (χ2v) is 3.35. The van der Waals surface area contributed by atoms with Gasteiger partial charge in [-0.1, -0.05) is 13.8 Å². The van der Waals surface area contributed by atoms with Crippen LogP contribution in [-0.4, -0.2) is 12.0 Å². The van der Waals surface area contributed by atoms with Crippen molar-refractivity contribution in [3.05, 3.63) is 17.8 Å². The third kappa shape index (κ3) is 2.34. The standard InChI is InChI=1S/C9H16N2O/c1-7(2)4-8-9(5-10-3)12-6-11-8/h6-7,10H,4-5H2,1-3H3. The molecule has 0 aliphatic rings. The topological polar surface area (TPSA) is 38.1 Å². The largest absolute Gasteiger partial charge is 0.447 e. The molecule has 12 heavy (non-hydrogen) atoms. The molecule has 1 aromatic rings. The van der Waals surface area contributed by atoms with Crippen molar-refractivity contribution < 1.29 is 4.42 Å². The van der Waals surface area contributed by atoms with E-state index in [4.69, 9.17) is 4.42 Å². The van der Waals surface area contributed by atoms with Crippen LogP contribution in [0.4, 0.5) is 0 Å². The Morgan fingerprint density at radius 3 is 2.92 bits per heavy atom. The first kappa shape index (κ1) is 9.26. The molecule has 0 aromatic carbocycles. The molecule has 0 fully saturated rings. The van der Waals surface area contributed by atoms with Gasteiger partial charge in [-0.15, -0.1) is 0 Å². The first-order chi connectivity index (χ1) is 5.74. The van der Waals surface area contributed by atoms with Gasteiger partial charge in [0.15, 0.2) is 6.39 Å². The van der Waals surface area contributed by atoms with Crippen LogP contribution in [0.2, 0.25) is 0 Å². The maximum atomic E-state index is 5.23. The highest BCUT2D eigenvalue weighted by atomic mass is 16.3. The van der Waals surface area contributed by atoms with Gasteiger partial charge in [-0.2, -0.15) is 0 Å². The molecule has 0 aliphatic carbocycles. The lowest BCUT2D eigenvalue weighted by molar-refractivity contribution is 0.483. The van der Waals surface area contributed by atoms with Crippen LogP contribution in [0.3, 0.4) is 0 Å². The number of nitrogens with zero attached hydrogens (tertiary/aromatic N) is 1. The van der Waals surface area contributed by atoms with Gasteiger partial charge in [0.2, 0.25) is 0 Å². The summed E-state index contributed by atoms with van der Waals surface area (Å²) in [5, 5.41) is 3.05. The van der Waals surface area contributed by atoms with Crippen molar-refractivity contribution in [2.75, 3.05) is 7.05 Å². The van der Waals surface area contributed by atoms with Gasteiger partial charge in [0.05, 0.1) is 12.2 Å². The molecular weight excluding hydrogens is 152 g/mol. The normalized spacial score (nSPS) is 11.0. The van der Waals surface area contributed by atoms with E-state index in [1.165, 1.54) is 6.39 Å². The Kier molecular flexibility index (Phi) is 3.29. The van der Waals surface area contributed by atoms with Crippen LogP contribution < -0.4 is 5.32 Å². The molecule has 0 bridgehead atoms. The quantitative estimate of drug-likeness (QED) is 0.742. The zero-order valence-corrected chi connectivity index (χ0v) is 7.92. The average molecular weight is 168 g/mol. The zero-order valence-electron chi connectivity index (χ0n) is 7.92. The minimum Gasteiger partial charge on any atom is -0.447 e. The molecule has 1 aromatic heterocycles. The molecule has 0 atom stereocenters. The molecule has 1 heterocycles. The summed E-state index contributed by atoms with van der Waals surface area (Å²) in [6.45, 7) is 5.12. The Labute approximate surface area is 73.2 Å². The smallest absolute Gasteiger partial charge is 0.181 e. The average Bonchev–Trinajstić information content (AvgIpc) is 2.37.